The molecule has 0 radical (unpaired) electrons. The van der Waals surface area contributed by atoms with Crippen LogP contribution in [0.4, 0.5) is 0 Å². The van der Waals surface area contributed by atoms with Gasteiger partial charge in [0.25, 0.3) is 0 Å². The molecule has 0 amide bonds. The minimum Gasteiger partial charge on any atom is -0.507 e. The highest BCUT2D eigenvalue weighted by molar-refractivity contribution is 6.33. The normalized spacial score (nSPS) is 12.4. The van der Waals surface area contributed by atoms with Gasteiger partial charge in [-0.25, -0.2) is 0 Å². The topological polar surface area (TPSA) is 53.1 Å². The summed E-state index contributed by atoms with van der Waals surface area (Å²) < 4.78 is 0. The highest BCUT2D eigenvalue weighted by Gasteiger charge is 2.26. The maximum absolute atomic E-state index is 12.4. The van der Waals surface area contributed by atoms with Crippen LogP contribution in [0.15, 0.2) is 24.4 Å². The lowest BCUT2D eigenvalue weighted by Crippen LogP contribution is -2.18. The largest absolute Gasteiger partial charge is 0.507 e. The molecule has 0 unspecified atom stereocenters. The molecule has 0 atom stereocenters. The van der Waals surface area contributed by atoms with Crippen molar-refractivity contribution in [3.8, 4) is 5.75 Å². The Morgan fingerprint density at radius 3 is 2.00 bits per heavy atom. The number of aromatic amines is 1. The van der Waals surface area contributed by atoms with Crippen LogP contribution in [-0.2, 0) is 17.3 Å². The van der Waals surface area contributed by atoms with Crippen molar-refractivity contribution in [3.63, 3.8) is 0 Å². The first-order valence-corrected chi connectivity index (χ1v) is 9.02. The minimum atomic E-state index is -0.174. The summed E-state index contributed by atoms with van der Waals surface area (Å²) in [4.78, 5) is 15.3. The van der Waals surface area contributed by atoms with E-state index in [0.717, 1.165) is 16.7 Å². The van der Waals surface area contributed by atoms with E-state index in [1.54, 1.807) is 12.3 Å². The zero-order valence-electron chi connectivity index (χ0n) is 16.0. The molecule has 0 aliphatic heterocycles. The summed E-state index contributed by atoms with van der Waals surface area (Å²) in [5.74, 6) is 0.361. The molecule has 0 bridgehead atoms. The molecule has 25 heavy (non-hydrogen) atoms. The van der Waals surface area contributed by atoms with Crippen LogP contribution >= 0.6 is 11.6 Å². The van der Waals surface area contributed by atoms with Gasteiger partial charge in [0.2, 0.25) is 0 Å². The summed E-state index contributed by atoms with van der Waals surface area (Å²) in [6, 6.07) is 5.73. The van der Waals surface area contributed by atoms with Gasteiger partial charge in [0.05, 0.1) is 5.02 Å². The van der Waals surface area contributed by atoms with Gasteiger partial charge in [-0.2, -0.15) is 0 Å². The number of aromatic nitrogens is 1. The number of phenolic OH excluding ortho intramolecular Hbond substituents is 1. The van der Waals surface area contributed by atoms with E-state index in [0.29, 0.717) is 29.3 Å². The number of hydrogen-bond donors (Lipinski definition) is 2. The van der Waals surface area contributed by atoms with Crippen LogP contribution < -0.4 is 0 Å². The third-order valence-corrected chi connectivity index (χ3v) is 4.72. The molecule has 1 heterocycles. The van der Waals surface area contributed by atoms with Crippen LogP contribution in [0.5, 0.6) is 5.75 Å². The van der Waals surface area contributed by atoms with E-state index in [9.17, 15) is 9.90 Å². The highest BCUT2D eigenvalue weighted by atomic mass is 35.5. The number of Topliss-reactive ketones (excluding diaryl/α,β-unsaturated/α-hetero) is 1. The summed E-state index contributed by atoms with van der Waals surface area (Å²) in [7, 11) is 0. The predicted octanol–water partition coefficient (Wildman–Crippen LogP) is 5.78. The Bertz CT molecular complexity index is 741. The first kappa shape index (κ1) is 19.6. The van der Waals surface area contributed by atoms with Gasteiger partial charge < -0.3 is 10.1 Å². The van der Waals surface area contributed by atoms with Gasteiger partial charge in [0.1, 0.15) is 11.4 Å². The number of aryl methyl sites for hydroxylation is 1. The van der Waals surface area contributed by atoms with Crippen molar-refractivity contribution >= 4 is 17.4 Å². The van der Waals surface area contributed by atoms with Crippen molar-refractivity contribution in [2.75, 3.05) is 0 Å². The second-order valence-corrected chi connectivity index (χ2v) is 9.07. The summed E-state index contributed by atoms with van der Waals surface area (Å²) in [5.41, 5.74) is 3.01. The Hall–Kier alpha value is -1.74. The van der Waals surface area contributed by atoms with Gasteiger partial charge in [-0.05, 0) is 40.0 Å². The van der Waals surface area contributed by atoms with E-state index in [1.807, 2.05) is 12.1 Å². The van der Waals surface area contributed by atoms with Crippen molar-refractivity contribution in [1.29, 1.82) is 0 Å². The van der Waals surface area contributed by atoms with Crippen molar-refractivity contribution in [3.05, 3.63) is 51.8 Å². The van der Waals surface area contributed by atoms with Crippen LogP contribution in [0.1, 0.15) is 75.1 Å². The molecule has 3 nitrogen and oxygen atoms in total. The molecule has 0 aliphatic rings. The number of hydrogen-bond acceptors (Lipinski definition) is 2. The molecule has 1 aromatic carbocycles. The summed E-state index contributed by atoms with van der Waals surface area (Å²) in [6.45, 7) is 12.5. The number of carbonyl (C=O) groups excluding carboxylic acids is 1. The monoisotopic (exact) mass is 361 g/mol. The molecule has 2 rings (SSSR count). The molecule has 0 aliphatic carbocycles. The SMILES string of the molecule is CC(C)(C)c1cc(CCC(=O)c2[nH]ccc2Cl)cc(C(C)(C)C)c1O. The van der Waals surface area contributed by atoms with Crippen molar-refractivity contribution < 1.29 is 9.90 Å². The maximum Gasteiger partial charge on any atom is 0.180 e. The van der Waals surface area contributed by atoms with Crippen molar-refractivity contribution in [1.82, 2.24) is 4.98 Å². The molecule has 2 aromatic rings. The number of ketones is 1. The van der Waals surface area contributed by atoms with Gasteiger partial charge in [0.15, 0.2) is 5.78 Å². The Morgan fingerprint density at radius 2 is 1.60 bits per heavy atom. The fourth-order valence-corrected chi connectivity index (χ4v) is 3.15. The fraction of sp³-hybridized carbons (Fsp3) is 0.476. The third kappa shape index (κ3) is 4.46. The van der Waals surface area contributed by atoms with E-state index in [-0.39, 0.29) is 16.6 Å². The molecular formula is C21H28ClNO2. The molecule has 0 spiro atoms. The molecule has 0 saturated heterocycles. The molecule has 0 saturated carbocycles. The Kier molecular flexibility index (Phi) is 5.38. The minimum absolute atomic E-state index is 0.00214. The van der Waals surface area contributed by atoms with Crippen LogP contribution in [-0.4, -0.2) is 15.9 Å². The van der Waals surface area contributed by atoms with E-state index in [4.69, 9.17) is 11.6 Å². The number of benzene rings is 1. The van der Waals surface area contributed by atoms with Gasteiger partial charge in [-0.1, -0.05) is 65.3 Å². The molecule has 0 fully saturated rings. The maximum atomic E-state index is 12.4. The molecule has 136 valence electrons. The summed E-state index contributed by atoms with van der Waals surface area (Å²) in [6.07, 6.45) is 2.66. The molecule has 1 aromatic heterocycles. The fourth-order valence-electron chi connectivity index (χ4n) is 2.93. The van der Waals surface area contributed by atoms with E-state index in [1.165, 1.54) is 0 Å². The van der Waals surface area contributed by atoms with Crippen LogP contribution in [0, 0.1) is 0 Å². The van der Waals surface area contributed by atoms with Crippen molar-refractivity contribution in [2.24, 2.45) is 0 Å². The number of nitrogens with one attached hydrogen (secondary N) is 1. The van der Waals surface area contributed by atoms with E-state index in [2.05, 4.69) is 46.5 Å². The van der Waals surface area contributed by atoms with Gasteiger partial charge in [0, 0.05) is 12.6 Å². The van der Waals surface area contributed by atoms with Gasteiger partial charge >= 0.3 is 0 Å². The Labute approximate surface area is 155 Å². The first-order valence-electron chi connectivity index (χ1n) is 8.64. The van der Waals surface area contributed by atoms with Crippen molar-refractivity contribution in [2.45, 2.75) is 65.2 Å². The Morgan fingerprint density at radius 1 is 1.08 bits per heavy atom. The average molecular weight is 362 g/mol. The second-order valence-electron chi connectivity index (χ2n) is 8.66. The van der Waals surface area contributed by atoms with E-state index < -0.39 is 0 Å². The van der Waals surface area contributed by atoms with Gasteiger partial charge in [-0.3, -0.25) is 4.79 Å². The van der Waals surface area contributed by atoms with Crippen LogP contribution in [0.25, 0.3) is 0 Å². The summed E-state index contributed by atoms with van der Waals surface area (Å²) >= 11 is 6.02. The zero-order valence-corrected chi connectivity index (χ0v) is 16.7. The predicted molar refractivity (Wildman–Crippen MR) is 104 cm³/mol. The standard InChI is InChI=1S/C21H28ClNO2/c1-20(2,3)14-11-13(12-15(19(14)25)21(4,5)6)7-8-17(24)18-16(22)9-10-23-18/h9-12,23,25H,7-8H2,1-6H3. The van der Waals surface area contributed by atoms with Crippen LogP contribution in [0.3, 0.4) is 0 Å². The lowest BCUT2D eigenvalue weighted by molar-refractivity contribution is 0.0979. The first-order chi connectivity index (χ1) is 11.4. The zero-order chi connectivity index (χ0) is 19.0. The number of H-pyrrole nitrogens is 1. The lowest BCUT2D eigenvalue weighted by atomic mass is 9.78. The average Bonchev–Trinajstić information content (AvgIpc) is 2.89. The number of rotatable bonds is 4. The lowest BCUT2D eigenvalue weighted by Gasteiger charge is -2.28. The van der Waals surface area contributed by atoms with Gasteiger partial charge in [-0.15, -0.1) is 0 Å². The molecule has 4 heteroatoms. The number of carbonyl (C=O) groups is 1. The number of aromatic hydroxyl groups is 1. The Balaban J connectivity index is 2.35. The molecule has 2 N–H and O–H groups in total. The number of phenols is 1. The smallest absolute Gasteiger partial charge is 0.180 e. The second kappa shape index (κ2) is 6.87. The quantitative estimate of drug-likeness (QED) is 0.677. The third-order valence-electron chi connectivity index (χ3n) is 4.40. The highest BCUT2D eigenvalue weighted by Crippen LogP contribution is 2.40. The summed E-state index contributed by atoms with van der Waals surface area (Å²) in [5, 5.41) is 11.2. The van der Waals surface area contributed by atoms with Crippen LogP contribution in [0.2, 0.25) is 5.02 Å². The van der Waals surface area contributed by atoms with E-state index >= 15 is 0 Å². The molecular weight excluding hydrogens is 334 g/mol. The number of halogens is 1.